The second-order valence-electron chi connectivity index (χ2n) is 7.00. The van der Waals surface area contributed by atoms with Gasteiger partial charge in [-0.3, -0.25) is 4.79 Å². The topological polar surface area (TPSA) is 86.2 Å². The molecule has 7 nitrogen and oxygen atoms in total. The average Bonchev–Trinajstić information content (AvgIpc) is 2.83. The highest BCUT2D eigenvalue weighted by atomic mass is 35.5. The number of hydrazone groups is 1. The van der Waals surface area contributed by atoms with Gasteiger partial charge in [0.1, 0.15) is 5.75 Å². The van der Waals surface area contributed by atoms with E-state index in [0.29, 0.717) is 34.3 Å². The maximum absolute atomic E-state index is 12.5. The molecular formula is C25H22Cl2N2O5. The Balaban J connectivity index is 1.64. The number of nitrogens with zero attached hydrogens (tertiary/aromatic N) is 1. The lowest BCUT2D eigenvalue weighted by molar-refractivity contribution is 0.0729. The lowest BCUT2D eigenvalue weighted by Crippen LogP contribution is -2.18. The van der Waals surface area contributed by atoms with Gasteiger partial charge in [-0.05, 0) is 72.6 Å². The molecule has 0 unspecified atom stereocenters. The van der Waals surface area contributed by atoms with Crippen molar-refractivity contribution in [2.45, 2.75) is 13.3 Å². The zero-order valence-corrected chi connectivity index (χ0v) is 20.0. The molecule has 0 aliphatic carbocycles. The maximum Gasteiger partial charge on any atom is 0.343 e. The monoisotopic (exact) mass is 500 g/mol. The van der Waals surface area contributed by atoms with Crippen LogP contribution in [0.15, 0.2) is 65.8 Å². The third-order valence-electron chi connectivity index (χ3n) is 4.51. The third kappa shape index (κ3) is 6.73. The Bertz CT molecular complexity index is 1200. The van der Waals surface area contributed by atoms with Crippen LogP contribution in [0.3, 0.4) is 0 Å². The van der Waals surface area contributed by atoms with E-state index in [4.69, 9.17) is 37.4 Å². The number of hydrogen-bond donors (Lipinski definition) is 1. The molecule has 34 heavy (non-hydrogen) atoms. The van der Waals surface area contributed by atoms with Crippen molar-refractivity contribution in [3.8, 4) is 17.2 Å². The summed E-state index contributed by atoms with van der Waals surface area (Å²) in [6, 6.07) is 16.1. The summed E-state index contributed by atoms with van der Waals surface area (Å²) in [6.07, 6.45) is 2.32. The van der Waals surface area contributed by atoms with Gasteiger partial charge in [-0.2, -0.15) is 5.10 Å². The summed E-state index contributed by atoms with van der Waals surface area (Å²) in [5, 5.41) is 4.58. The number of carbonyl (C=O) groups excluding carboxylic acids is 2. The van der Waals surface area contributed by atoms with E-state index in [1.807, 2.05) is 6.92 Å². The first-order chi connectivity index (χ1) is 16.4. The Morgan fingerprint density at radius 3 is 2.44 bits per heavy atom. The average molecular weight is 501 g/mol. The molecule has 0 aromatic heterocycles. The molecule has 0 aliphatic heterocycles. The number of benzene rings is 3. The van der Waals surface area contributed by atoms with Gasteiger partial charge in [0.05, 0.1) is 36.1 Å². The van der Waals surface area contributed by atoms with Crippen molar-refractivity contribution in [1.82, 2.24) is 5.43 Å². The van der Waals surface area contributed by atoms with Crippen molar-refractivity contribution in [2.75, 3.05) is 13.7 Å². The molecule has 1 N–H and O–H groups in total. The highest BCUT2D eigenvalue weighted by Gasteiger charge is 2.13. The Hall–Kier alpha value is -3.55. The fraction of sp³-hybridized carbons (Fsp3) is 0.160. The number of hydrogen-bond acceptors (Lipinski definition) is 6. The Morgan fingerprint density at radius 1 is 1.00 bits per heavy atom. The van der Waals surface area contributed by atoms with Crippen LogP contribution in [-0.2, 0) is 0 Å². The van der Waals surface area contributed by atoms with Crippen LogP contribution >= 0.6 is 23.2 Å². The number of carbonyl (C=O) groups is 2. The first-order valence-corrected chi connectivity index (χ1v) is 11.1. The van der Waals surface area contributed by atoms with E-state index in [9.17, 15) is 9.59 Å². The molecule has 3 aromatic carbocycles. The van der Waals surface area contributed by atoms with E-state index < -0.39 is 11.9 Å². The molecule has 0 radical (unpaired) electrons. The third-order valence-corrected chi connectivity index (χ3v) is 5.06. The first-order valence-electron chi connectivity index (χ1n) is 10.3. The van der Waals surface area contributed by atoms with Crippen LogP contribution in [0.2, 0.25) is 10.0 Å². The molecule has 9 heteroatoms. The maximum atomic E-state index is 12.5. The quantitative estimate of drug-likeness (QED) is 0.174. The number of methoxy groups -OCH3 is 1. The Morgan fingerprint density at radius 2 is 1.76 bits per heavy atom. The van der Waals surface area contributed by atoms with E-state index in [1.165, 1.54) is 25.5 Å². The Labute approximate surface area is 207 Å². The van der Waals surface area contributed by atoms with E-state index >= 15 is 0 Å². The van der Waals surface area contributed by atoms with Gasteiger partial charge in [0.15, 0.2) is 11.5 Å². The number of ether oxygens (including phenoxy) is 3. The summed E-state index contributed by atoms with van der Waals surface area (Å²) in [5.74, 6) is 0.237. The molecule has 0 fully saturated rings. The molecule has 0 aliphatic rings. The number of nitrogens with one attached hydrogen (secondary N) is 1. The van der Waals surface area contributed by atoms with Crippen LogP contribution in [0, 0.1) is 0 Å². The summed E-state index contributed by atoms with van der Waals surface area (Å²) in [6.45, 7) is 2.62. The minimum atomic E-state index is -0.533. The van der Waals surface area contributed by atoms with Gasteiger partial charge in [-0.1, -0.05) is 30.1 Å². The molecule has 0 bridgehead atoms. The standard InChI is InChI=1S/C25H22Cl2N2O5/c1-3-12-33-19-8-5-17(6-9-19)25(31)34-22-11-4-16(13-23(22)32-2)15-28-29-24(30)20-10-7-18(26)14-21(20)27/h4-11,13-15H,3,12H2,1-2H3,(H,29,30). The van der Waals surface area contributed by atoms with Crippen molar-refractivity contribution in [2.24, 2.45) is 5.10 Å². The van der Waals surface area contributed by atoms with Gasteiger partial charge in [0, 0.05) is 5.02 Å². The van der Waals surface area contributed by atoms with Crippen LogP contribution in [0.25, 0.3) is 0 Å². The smallest absolute Gasteiger partial charge is 0.343 e. The summed E-state index contributed by atoms with van der Waals surface area (Å²) in [4.78, 5) is 24.7. The van der Waals surface area contributed by atoms with Crippen LogP contribution in [-0.4, -0.2) is 31.8 Å². The zero-order chi connectivity index (χ0) is 24.5. The van der Waals surface area contributed by atoms with E-state index in [1.54, 1.807) is 48.5 Å². The molecular weight excluding hydrogens is 479 g/mol. The number of halogens is 2. The van der Waals surface area contributed by atoms with Crippen molar-refractivity contribution >= 4 is 41.3 Å². The van der Waals surface area contributed by atoms with Crippen LogP contribution in [0.1, 0.15) is 39.6 Å². The zero-order valence-electron chi connectivity index (χ0n) is 18.5. The fourth-order valence-electron chi connectivity index (χ4n) is 2.81. The molecule has 3 aromatic rings. The SMILES string of the molecule is CCCOc1ccc(C(=O)Oc2ccc(C=NNC(=O)c3ccc(Cl)cc3Cl)cc2OC)cc1. The molecule has 3 rings (SSSR count). The second kappa shape index (κ2) is 12.1. The van der Waals surface area contributed by atoms with Gasteiger partial charge in [0.25, 0.3) is 5.91 Å². The number of rotatable bonds is 9. The van der Waals surface area contributed by atoms with Gasteiger partial charge in [-0.25, -0.2) is 10.2 Å². The van der Waals surface area contributed by atoms with E-state index in [2.05, 4.69) is 10.5 Å². The van der Waals surface area contributed by atoms with E-state index in [0.717, 1.165) is 6.42 Å². The first kappa shape index (κ1) is 25.1. The van der Waals surface area contributed by atoms with Crippen molar-refractivity contribution in [1.29, 1.82) is 0 Å². The molecule has 176 valence electrons. The van der Waals surface area contributed by atoms with Crippen molar-refractivity contribution in [3.63, 3.8) is 0 Å². The molecule has 0 heterocycles. The molecule has 0 saturated heterocycles. The van der Waals surface area contributed by atoms with Gasteiger partial charge >= 0.3 is 5.97 Å². The van der Waals surface area contributed by atoms with Gasteiger partial charge in [0.2, 0.25) is 0 Å². The highest BCUT2D eigenvalue weighted by Crippen LogP contribution is 2.28. The highest BCUT2D eigenvalue weighted by molar-refractivity contribution is 6.36. The van der Waals surface area contributed by atoms with Crippen LogP contribution < -0.4 is 19.6 Å². The molecule has 0 spiro atoms. The predicted molar refractivity (Wildman–Crippen MR) is 132 cm³/mol. The van der Waals surface area contributed by atoms with Gasteiger partial charge < -0.3 is 14.2 Å². The molecule has 0 atom stereocenters. The lowest BCUT2D eigenvalue weighted by atomic mass is 10.2. The van der Waals surface area contributed by atoms with Crippen molar-refractivity contribution < 1.29 is 23.8 Å². The van der Waals surface area contributed by atoms with Gasteiger partial charge in [-0.15, -0.1) is 0 Å². The van der Waals surface area contributed by atoms with Crippen LogP contribution in [0.5, 0.6) is 17.2 Å². The summed E-state index contributed by atoms with van der Waals surface area (Å²) in [5.41, 5.74) is 3.62. The lowest BCUT2D eigenvalue weighted by Gasteiger charge is -2.10. The predicted octanol–water partition coefficient (Wildman–Crippen LogP) is 5.77. The second-order valence-corrected chi connectivity index (χ2v) is 7.84. The summed E-state index contributed by atoms with van der Waals surface area (Å²) < 4.78 is 16.3. The van der Waals surface area contributed by atoms with Crippen molar-refractivity contribution in [3.05, 3.63) is 87.4 Å². The fourth-order valence-corrected chi connectivity index (χ4v) is 3.31. The Kier molecular flexibility index (Phi) is 8.90. The largest absolute Gasteiger partial charge is 0.494 e. The van der Waals surface area contributed by atoms with E-state index in [-0.39, 0.29) is 16.3 Å². The van der Waals surface area contributed by atoms with Crippen LogP contribution in [0.4, 0.5) is 0 Å². The minimum Gasteiger partial charge on any atom is -0.494 e. The molecule has 0 saturated carbocycles. The normalized spacial score (nSPS) is 10.7. The minimum absolute atomic E-state index is 0.219. The number of esters is 1. The number of amides is 1. The summed E-state index contributed by atoms with van der Waals surface area (Å²) in [7, 11) is 1.46. The summed E-state index contributed by atoms with van der Waals surface area (Å²) >= 11 is 11.9. The molecule has 1 amide bonds.